The lowest BCUT2D eigenvalue weighted by molar-refractivity contribution is 0.0602. The summed E-state index contributed by atoms with van der Waals surface area (Å²) in [5, 5.41) is 0.0636. The van der Waals surface area contributed by atoms with Gasteiger partial charge in [-0.2, -0.15) is 0 Å². The van der Waals surface area contributed by atoms with Gasteiger partial charge in [0.25, 0.3) is 5.56 Å². The lowest BCUT2D eigenvalue weighted by atomic mass is 10.1. The third kappa shape index (κ3) is 3.53. The second kappa shape index (κ2) is 8.30. The zero-order valence-electron chi connectivity index (χ0n) is 16.9. The summed E-state index contributed by atoms with van der Waals surface area (Å²) in [6, 6.07) is 8.70. The first-order valence-corrected chi connectivity index (χ1v) is 9.30. The topological polar surface area (TPSA) is 92.4 Å². The average molecular weight is 397 g/mol. The van der Waals surface area contributed by atoms with Crippen LogP contribution in [0, 0.1) is 0 Å². The molecular formula is C21H23N3O5. The predicted octanol–water partition coefficient (Wildman–Crippen LogP) is 2.36. The van der Waals surface area contributed by atoms with Crippen molar-refractivity contribution in [1.82, 2.24) is 14.1 Å². The summed E-state index contributed by atoms with van der Waals surface area (Å²) >= 11 is 0. The molecule has 0 atom stereocenters. The highest BCUT2D eigenvalue weighted by molar-refractivity contribution is 6.03. The van der Waals surface area contributed by atoms with E-state index in [0.717, 1.165) is 17.4 Å². The Bertz CT molecular complexity index is 1190. The fourth-order valence-corrected chi connectivity index (χ4v) is 3.25. The number of aromatic nitrogens is 3. The second-order valence-corrected chi connectivity index (χ2v) is 6.60. The zero-order valence-corrected chi connectivity index (χ0v) is 16.9. The number of para-hydroxylation sites is 1. The molecule has 2 aromatic heterocycles. The minimum Gasteiger partial charge on any atom is -0.496 e. The van der Waals surface area contributed by atoms with Crippen LogP contribution in [-0.4, -0.2) is 34.3 Å². The average Bonchev–Trinajstić information content (AvgIpc) is 2.76. The minimum absolute atomic E-state index is 0.0595. The van der Waals surface area contributed by atoms with Gasteiger partial charge >= 0.3 is 11.7 Å². The van der Waals surface area contributed by atoms with Crippen molar-refractivity contribution in [3.63, 3.8) is 0 Å². The van der Waals surface area contributed by atoms with Crippen molar-refractivity contribution >= 4 is 17.0 Å². The van der Waals surface area contributed by atoms with Crippen molar-refractivity contribution in [2.75, 3.05) is 14.2 Å². The highest BCUT2D eigenvalue weighted by Gasteiger charge is 2.22. The maximum absolute atomic E-state index is 12.9. The van der Waals surface area contributed by atoms with E-state index in [1.165, 1.54) is 31.9 Å². The normalized spacial score (nSPS) is 10.9. The Balaban J connectivity index is 2.49. The molecule has 0 aliphatic rings. The van der Waals surface area contributed by atoms with E-state index in [1.54, 1.807) is 12.1 Å². The minimum atomic E-state index is -0.675. The molecule has 8 nitrogen and oxygen atoms in total. The zero-order chi connectivity index (χ0) is 21.1. The van der Waals surface area contributed by atoms with Gasteiger partial charge in [0.05, 0.1) is 30.9 Å². The fourth-order valence-electron chi connectivity index (χ4n) is 3.25. The number of hydrogen-bond acceptors (Lipinski definition) is 6. The van der Waals surface area contributed by atoms with Crippen LogP contribution in [0.25, 0.3) is 22.3 Å². The van der Waals surface area contributed by atoms with Gasteiger partial charge in [-0.25, -0.2) is 14.6 Å². The van der Waals surface area contributed by atoms with E-state index < -0.39 is 17.2 Å². The van der Waals surface area contributed by atoms with Crippen molar-refractivity contribution in [3.8, 4) is 17.0 Å². The second-order valence-electron chi connectivity index (χ2n) is 6.60. The number of methoxy groups -OCH3 is 2. The molecule has 0 radical (unpaired) electrons. The van der Waals surface area contributed by atoms with Crippen LogP contribution in [0.3, 0.4) is 0 Å². The number of esters is 1. The van der Waals surface area contributed by atoms with Gasteiger partial charge < -0.3 is 9.47 Å². The third-order valence-electron chi connectivity index (χ3n) is 4.82. The van der Waals surface area contributed by atoms with Gasteiger partial charge in [0, 0.05) is 19.2 Å². The highest BCUT2D eigenvalue weighted by Crippen LogP contribution is 2.30. The number of carbonyl (C=O) groups is 1. The number of ether oxygens (including phenoxy) is 2. The van der Waals surface area contributed by atoms with E-state index >= 15 is 0 Å². The van der Waals surface area contributed by atoms with Gasteiger partial charge in [0.1, 0.15) is 5.75 Å². The van der Waals surface area contributed by atoms with Gasteiger partial charge in [0.15, 0.2) is 5.65 Å². The Morgan fingerprint density at radius 2 is 1.90 bits per heavy atom. The molecule has 3 rings (SSSR count). The molecule has 0 bridgehead atoms. The number of unbranched alkanes of at least 4 members (excludes halogenated alkanes) is 1. The molecule has 0 unspecified atom stereocenters. The smallest absolute Gasteiger partial charge is 0.338 e. The van der Waals surface area contributed by atoms with Gasteiger partial charge in [-0.1, -0.05) is 25.5 Å². The molecular weight excluding hydrogens is 374 g/mol. The standard InChI is InChI=1S/C21H23N3O5/c1-5-6-11-24-18-17(19(25)23(2)21(24)27)14(20(26)29-4)12-15(22-18)13-9-7-8-10-16(13)28-3/h7-10,12H,5-6,11H2,1-4H3. The molecule has 0 amide bonds. The summed E-state index contributed by atoms with van der Waals surface area (Å²) in [4.78, 5) is 42.8. The van der Waals surface area contributed by atoms with Crippen LogP contribution in [0.4, 0.5) is 0 Å². The van der Waals surface area contributed by atoms with E-state index in [9.17, 15) is 14.4 Å². The molecule has 0 saturated carbocycles. The molecule has 0 saturated heterocycles. The molecule has 0 aliphatic carbocycles. The Labute approximate surface area is 167 Å². The summed E-state index contributed by atoms with van der Waals surface area (Å²) in [5.41, 5.74) is 0.207. The number of aryl methyl sites for hydroxylation is 1. The van der Waals surface area contributed by atoms with Crippen LogP contribution in [0.5, 0.6) is 5.75 Å². The lowest BCUT2D eigenvalue weighted by Crippen LogP contribution is -2.39. The number of fused-ring (bicyclic) bond motifs is 1. The van der Waals surface area contributed by atoms with Crippen LogP contribution in [0.15, 0.2) is 39.9 Å². The SMILES string of the molecule is CCCCn1c(=O)n(C)c(=O)c2c(C(=O)OC)cc(-c3ccccc3OC)nc21. The van der Waals surface area contributed by atoms with E-state index in [-0.39, 0.29) is 16.6 Å². The summed E-state index contributed by atoms with van der Waals surface area (Å²) in [6.45, 7) is 2.38. The van der Waals surface area contributed by atoms with Gasteiger partial charge in [-0.3, -0.25) is 13.9 Å². The number of rotatable bonds is 6. The summed E-state index contributed by atoms with van der Waals surface area (Å²) < 4.78 is 12.7. The van der Waals surface area contributed by atoms with Crippen LogP contribution < -0.4 is 16.0 Å². The molecule has 0 fully saturated rings. The first-order chi connectivity index (χ1) is 13.9. The quantitative estimate of drug-likeness (QED) is 0.593. The molecule has 1 aromatic carbocycles. The maximum Gasteiger partial charge on any atom is 0.338 e. The largest absolute Gasteiger partial charge is 0.496 e. The van der Waals surface area contributed by atoms with Crippen LogP contribution in [0.2, 0.25) is 0 Å². The summed E-state index contributed by atoms with van der Waals surface area (Å²) in [6.07, 6.45) is 1.58. The molecule has 0 aliphatic heterocycles. The first kappa shape index (κ1) is 20.3. The molecule has 152 valence electrons. The van der Waals surface area contributed by atoms with E-state index in [2.05, 4.69) is 4.98 Å². The summed E-state index contributed by atoms with van der Waals surface area (Å²) in [7, 11) is 4.17. The molecule has 3 aromatic rings. The number of carbonyl (C=O) groups excluding carboxylic acids is 1. The van der Waals surface area contributed by atoms with Crippen LogP contribution in [0.1, 0.15) is 30.1 Å². The summed E-state index contributed by atoms with van der Waals surface area (Å²) in [5.74, 6) is -0.118. The molecule has 8 heteroatoms. The van der Waals surface area contributed by atoms with Crippen molar-refractivity contribution < 1.29 is 14.3 Å². The molecule has 0 N–H and O–H groups in total. The van der Waals surface area contributed by atoms with Crippen molar-refractivity contribution in [1.29, 1.82) is 0 Å². The number of pyridine rings is 1. The number of nitrogens with zero attached hydrogens (tertiary/aromatic N) is 3. The van der Waals surface area contributed by atoms with Gasteiger partial charge in [-0.05, 0) is 24.6 Å². The predicted molar refractivity (Wildman–Crippen MR) is 109 cm³/mol. The first-order valence-electron chi connectivity index (χ1n) is 9.30. The number of hydrogen-bond donors (Lipinski definition) is 0. The molecule has 29 heavy (non-hydrogen) atoms. The Kier molecular flexibility index (Phi) is 5.81. The molecule has 2 heterocycles. The van der Waals surface area contributed by atoms with Crippen molar-refractivity contribution in [2.24, 2.45) is 7.05 Å². The lowest BCUT2D eigenvalue weighted by Gasteiger charge is -2.15. The van der Waals surface area contributed by atoms with E-state index in [0.29, 0.717) is 23.6 Å². The fraction of sp³-hybridized carbons (Fsp3) is 0.333. The van der Waals surface area contributed by atoms with Crippen LogP contribution >= 0.6 is 0 Å². The van der Waals surface area contributed by atoms with Gasteiger partial charge in [-0.15, -0.1) is 0 Å². The van der Waals surface area contributed by atoms with Gasteiger partial charge in [0.2, 0.25) is 0 Å². The Morgan fingerprint density at radius 1 is 1.17 bits per heavy atom. The Hall–Kier alpha value is -3.42. The van der Waals surface area contributed by atoms with E-state index in [1.807, 2.05) is 19.1 Å². The Morgan fingerprint density at radius 3 is 2.55 bits per heavy atom. The maximum atomic E-state index is 12.9. The number of benzene rings is 1. The molecule has 0 spiro atoms. The van der Waals surface area contributed by atoms with Crippen molar-refractivity contribution in [2.45, 2.75) is 26.3 Å². The highest BCUT2D eigenvalue weighted by atomic mass is 16.5. The third-order valence-corrected chi connectivity index (χ3v) is 4.82. The monoisotopic (exact) mass is 397 g/mol. The van der Waals surface area contributed by atoms with Crippen LogP contribution in [-0.2, 0) is 18.3 Å². The van der Waals surface area contributed by atoms with Crippen molar-refractivity contribution in [3.05, 3.63) is 56.7 Å². The van der Waals surface area contributed by atoms with E-state index in [4.69, 9.17) is 9.47 Å².